The molecule has 0 saturated heterocycles. The van der Waals surface area contributed by atoms with Crippen molar-refractivity contribution in [1.29, 1.82) is 0 Å². The second kappa shape index (κ2) is 10.5. The molecule has 0 spiro atoms. The van der Waals surface area contributed by atoms with E-state index in [0.717, 1.165) is 31.6 Å². The number of thiophene rings is 2. The van der Waals surface area contributed by atoms with E-state index in [0.29, 0.717) is 26.4 Å². The lowest BCUT2D eigenvalue weighted by molar-refractivity contribution is -0.254. The lowest BCUT2D eigenvalue weighted by Gasteiger charge is -2.25. The van der Waals surface area contributed by atoms with E-state index >= 15 is 26.3 Å². The summed E-state index contributed by atoms with van der Waals surface area (Å²) in [5.74, 6) is -15.9. The number of aryl methyl sites for hydroxylation is 1. The standard InChI is InChI=1S/C32H18Br2F6S2/c1-17-23(15-25(41-17)18-7-11-21(33)12-8-18)27-28(31(37,38)32(39,40)30(27,35)36)24-16-26(19-9-13-22(34)14-10-19)42-29(24)20-5-3-2-4-6-20/h2-16H,1H3. The van der Waals surface area contributed by atoms with Gasteiger partial charge in [-0.1, -0.05) is 86.5 Å². The molecular formula is C32H18Br2F6S2. The number of alkyl halides is 6. The predicted molar refractivity (Wildman–Crippen MR) is 167 cm³/mol. The Kier molecular flexibility index (Phi) is 7.36. The van der Waals surface area contributed by atoms with Crippen LogP contribution in [0.1, 0.15) is 16.0 Å². The molecule has 1 aliphatic carbocycles. The van der Waals surface area contributed by atoms with Gasteiger partial charge in [0.25, 0.3) is 0 Å². The average Bonchev–Trinajstić information content (AvgIpc) is 3.58. The van der Waals surface area contributed by atoms with Crippen LogP contribution in [-0.2, 0) is 0 Å². The van der Waals surface area contributed by atoms with Crippen LogP contribution in [0.4, 0.5) is 26.3 Å². The molecule has 2 aromatic heterocycles. The topological polar surface area (TPSA) is 0 Å². The summed E-state index contributed by atoms with van der Waals surface area (Å²) in [6, 6.07) is 25.0. The Morgan fingerprint density at radius 2 is 1.00 bits per heavy atom. The molecule has 214 valence electrons. The first kappa shape index (κ1) is 29.4. The summed E-state index contributed by atoms with van der Waals surface area (Å²) in [6.45, 7) is 1.48. The molecule has 10 heteroatoms. The summed E-state index contributed by atoms with van der Waals surface area (Å²) in [5.41, 5.74) is -1.59. The van der Waals surface area contributed by atoms with Crippen LogP contribution in [0.5, 0.6) is 0 Å². The Morgan fingerprint density at radius 1 is 0.548 bits per heavy atom. The molecule has 0 radical (unpaired) electrons. The van der Waals surface area contributed by atoms with Gasteiger partial charge < -0.3 is 0 Å². The summed E-state index contributed by atoms with van der Waals surface area (Å²) in [5, 5.41) is 0. The van der Waals surface area contributed by atoms with Crippen LogP contribution in [0.2, 0.25) is 0 Å². The van der Waals surface area contributed by atoms with Crippen molar-refractivity contribution in [2.75, 3.05) is 0 Å². The van der Waals surface area contributed by atoms with Gasteiger partial charge in [-0.2, -0.15) is 26.3 Å². The monoisotopic (exact) mass is 738 g/mol. The van der Waals surface area contributed by atoms with Crippen molar-refractivity contribution in [2.24, 2.45) is 0 Å². The van der Waals surface area contributed by atoms with Gasteiger partial charge in [0.15, 0.2) is 0 Å². The summed E-state index contributed by atoms with van der Waals surface area (Å²) in [6.07, 6.45) is 0. The third-order valence-electron chi connectivity index (χ3n) is 7.15. The van der Waals surface area contributed by atoms with E-state index in [9.17, 15) is 0 Å². The zero-order valence-corrected chi connectivity index (χ0v) is 26.3. The van der Waals surface area contributed by atoms with Crippen molar-refractivity contribution in [2.45, 2.75) is 24.7 Å². The van der Waals surface area contributed by atoms with Gasteiger partial charge in [0.05, 0.1) is 0 Å². The molecule has 0 saturated carbocycles. The molecule has 0 nitrogen and oxygen atoms in total. The fourth-order valence-corrected chi connectivity index (χ4v) is 7.79. The van der Waals surface area contributed by atoms with Gasteiger partial charge in [-0.15, -0.1) is 22.7 Å². The van der Waals surface area contributed by atoms with E-state index in [1.807, 2.05) is 0 Å². The van der Waals surface area contributed by atoms with E-state index in [2.05, 4.69) is 31.9 Å². The van der Waals surface area contributed by atoms with Gasteiger partial charge >= 0.3 is 17.8 Å². The van der Waals surface area contributed by atoms with Crippen molar-refractivity contribution >= 4 is 65.7 Å². The SMILES string of the molecule is Cc1sc(-c2ccc(Br)cc2)cc1C1=C(c2cc(-c3ccc(Br)cc3)sc2-c2ccccc2)C(F)(F)C(F)(F)C1(F)F. The molecule has 42 heavy (non-hydrogen) atoms. The number of hydrogen-bond acceptors (Lipinski definition) is 2. The highest BCUT2D eigenvalue weighted by Crippen LogP contribution is 2.66. The summed E-state index contributed by atoms with van der Waals surface area (Å²) in [7, 11) is 0. The molecule has 0 bridgehead atoms. The molecule has 3 aromatic carbocycles. The highest BCUT2D eigenvalue weighted by Gasteiger charge is 2.80. The van der Waals surface area contributed by atoms with Crippen LogP contribution < -0.4 is 0 Å². The second-order valence-corrected chi connectivity index (χ2v) is 13.9. The van der Waals surface area contributed by atoms with Crippen molar-refractivity contribution in [1.82, 2.24) is 0 Å². The maximum absolute atomic E-state index is 15.9. The van der Waals surface area contributed by atoms with E-state index < -0.39 is 28.9 Å². The minimum atomic E-state index is -5.65. The molecule has 0 atom stereocenters. The van der Waals surface area contributed by atoms with Crippen LogP contribution in [0.15, 0.2) is 99.9 Å². The van der Waals surface area contributed by atoms with Gasteiger partial charge in [-0.05, 0) is 65.6 Å². The molecule has 0 unspecified atom stereocenters. The summed E-state index contributed by atoms with van der Waals surface area (Å²) in [4.78, 5) is 1.42. The summed E-state index contributed by atoms with van der Waals surface area (Å²) < 4.78 is 95.3. The molecular weight excluding hydrogens is 722 g/mol. The minimum absolute atomic E-state index is 0.204. The van der Waals surface area contributed by atoms with Gasteiger partial charge in [-0.3, -0.25) is 0 Å². The smallest absolute Gasteiger partial charge is 0.194 e. The fraction of sp³-hybridized carbons (Fsp3) is 0.125. The van der Waals surface area contributed by atoms with Gasteiger partial charge in [0, 0.05) is 45.2 Å². The Bertz CT molecular complexity index is 1820. The molecule has 0 fully saturated rings. The van der Waals surface area contributed by atoms with E-state index in [1.165, 1.54) is 19.1 Å². The second-order valence-electron chi connectivity index (χ2n) is 9.79. The highest BCUT2D eigenvalue weighted by molar-refractivity contribution is 9.10. The number of benzene rings is 3. The molecule has 2 heterocycles. The zero-order valence-electron chi connectivity index (χ0n) is 21.5. The number of hydrogen-bond donors (Lipinski definition) is 0. The third-order valence-corrected chi connectivity index (χ3v) is 10.5. The van der Waals surface area contributed by atoms with E-state index in [1.54, 1.807) is 78.9 Å². The van der Waals surface area contributed by atoms with Gasteiger partial charge in [-0.25, -0.2) is 0 Å². The Labute approximate surface area is 262 Å². The molecule has 5 aromatic rings. The Hall–Kier alpha value is -2.66. The molecule has 6 rings (SSSR count). The van der Waals surface area contributed by atoms with Crippen LogP contribution in [0.25, 0.3) is 42.5 Å². The Morgan fingerprint density at radius 3 is 1.52 bits per heavy atom. The first-order valence-corrected chi connectivity index (χ1v) is 15.8. The molecule has 1 aliphatic rings. The van der Waals surface area contributed by atoms with Crippen LogP contribution >= 0.6 is 54.5 Å². The fourth-order valence-electron chi connectivity index (χ4n) is 5.06. The van der Waals surface area contributed by atoms with Crippen molar-refractivity contribution in [3.8, 4) is 31.3 Å². The highest BCUT2D eigenvalue weighted by atomic mass is 79.9. The predicted octanol–water partition coefficient (Wildman–Crippen LogP) is 12.5. The largest absolute Gasteiger partial charge is 0.380 e. The van der Waals surface area contributed by atoms with Crippen molar-refractivity contribution in [3.63, 3.8) is 0 Å². The summed E-state index contributed by atoms with van der Waals surface area (Å²) >= 11 is 8.88. The van der Waals surface area contributed by atoms with Gasteiger partial charge in [0.1, 0.15) is 0 Å². The van der Waals surface area contributed by atoms with Crippen molar-refractivity contribution in [3.05, 3.63) is 116 Å². The first-order valence-electron chi connectivity index (χ1n) is 12.5. The van der Waals surface area contributed by atoms with Gasteiger partial charge in [0.2, 0.25) is 0 Å². The molecule has 0 N–H and O–H groups in total. The number of halogens is 8. The van der Waals surface area contributed by atoms with Crippen molar-refractivity contribution < 1.29 is 26.3 Å². The lowest BCUT2D eigenvalue weighted by Crippen LogP contribution is -2.48. The van der Waals surface area contributed by atoms with Crippen LogP contribution in [-0.4, -0.2) is 17.8 Å². The van der Waals surface area contributed by atoms with Crippen LogP contribution in [0, 0.1) is 6.92 Å². The Balaban J connectivity index is 1.66. The quantitative estimate of drug-likeness (QED) is 0.157. The zero-order chi connectivity index (χ0) is 30.0. The minimum Gasteiger partial charge on any atom is -0.194 e. The molecule has 0 aliphatic heterocycles. The van der Waals surface area contributed by atoms with Crippen LogP contribution in [0.3, 0.4) is 0 Å². The average molecular weight is 740 g/mol. The lowest BCUT2D eigenvalue weighted by atomic mass is 9.93. The maximum Gasteiger partial charge on any atom is 0.380 e. The molecule has 0 amide bonds. The number of allylic oxidation sites excluding steroid dienone is 2. The number of rotatable bonds is 5. The van der Waals surface area contributed by atoms with E-state index in [4.69, 9.17) is 0 Å². The third kappa shape index (κ3) is 4.62. The maximum atomic E-state index is 15.9. The van der Waals surface area contributed by atoms with E-state index in [-0.39, 0.29) is 20.9 Å². The normalized spacial score (nSPS) is 17.2. The first-order chi connectivity index (χ1) is 19.8.